The first kappa shape index (κ1) is 31.8. The molecule has 11 heteroatoms. The zero-order valence-electron chi connectivity index (χ0n) is 25.9. The van der Waals surface area contributed by atoms with E-state index in [1.54, 1.807) is 37.6 Å². The highest BCUT2D eigenvalue weighted by molar-refractivity contribution is 7.92. The Balaban J connectivity index is 1.99. The Morgan fingerprint density at radius 2 is 1.63 bits per heavy atom. The van der Waals surface area contributed by atoms with Crippen molar-refractivity contribution < 1.29 is 13.2 Å². The highest BCUT2D eigenvalue weighted by atomic mass is 32.2. The molecule has 0 fully saturated rings. The number of aromatic nitrogens is 3. The van der Waals surface area contributed by atoms with E-state index in [2.05, 4.69) is 68.0 Å². The predicted molar refractivity (Wildman–Crippen MR) is 178 cm³/mol. The third-order valence-corrected chi connectivity index (χ3v) is 14.7. The minimum atomic E-state index is -3.53. The van der Waals surface area contributed by atoms with Crippen molar-refractivity contribution in [2.45, 2.75) is 58.2 Å². The fourth-order valence-corrected chi connectivity index (χ4v) is 11.7. The summed E-state index contributed by atoms with van der Waals surface area (Å²) >= 11 is 0. The van der Waals surface area contributed by atoms with Crippen LogP contribution in [0.5, 0.6) is 5.75 Å². The SMILES string of the molecule is COc1ccccc1Nc1ncc2c(C#C[Si](C(C)C)(C(C)C)C(C)C)cc(=O)n(-c3cccc(NS(C)(=O)=O)c3)c2n1. The number of rotatable bonds is 9. The van der Waals surface area contributed by atoms with Crippen LogP contribution in [0, 0.1) is 11.5 Å². The molecule has 226 valence electrons. The molecule has 2 aromatic heterocycles. The Kier molecular flexibility index (Phi) is 9.32. The molecule has 43 heavy (non-hydrogen) atoms. The summed E-state index contributed by atoms with van der Waals surface area (Å²) in [4.78, 5) is 23.2. The van der Waals surface area contributed by atoms with Crippen LogP contribution in [0.15, 0.2) is 65.6 Å². The number of hydrogen-bond donors (Lipinski definition) is 2. The van der Waals surface area contributed by atoms with Gasteiger partial charge in [0.25, 0.3) is 5.56 Å². The first-order chi connectivity index (χ1) is 20.3. The number of fused-ring (bicyclic) bond motifs is 1. The van der Waals surface area contributed by atoms with Gasteiger partial charge in [-0.3, -0.25) is 14.1 Å². The van der Waals surface area contributed by atoms with Crippen molar-refractivity contribution in [1.82, 2.24) is 14.5 Å². The number of pyridine rings is 1. The molecule has 0 atom stereocenters. The van der Waals surface area contributed by atoms with Gasteiger partial charge in [-0.2, -0.15) is 4.98 Å². The molecule has 2 aromatic carbocycles. The molecule has 0 aliphatic heterocycles. The van der Waals surface area contributed by atoms with E-state index in [1.807, 2.05) is 24.3 Å². The Morgan fingerprint density at radius 1 is 0.953 bits per heavy atom. The van der Waals surface area contributed by atoms with Crippen LogP contribution < -0.4 is 20.3 Å². The van der Waals surface area contributed by atoms with Gasteiger partial charge in [0.05, 0.1) is 35.8 Å². The van der Waals surface area contributed by atoms with E-state index in [4.69, 9.17) is 9.72 Å². The topological polar surface area (TPSA) is 115 Å². The number of hydrogen-bond acceptors (Lipinski definition) is 7. The van der Waals surface area contributed by atoms with Crippen molar-refractivity contribution in [3.8, 4) is 22.9 Å². The lowest BCUT2D eigenvalue weighted by Gasteiger charge is -2.38. The maximum Gasteiger partial charge on any atom is 0.258 e. The van der Waals surface area contributed by atoms with Gasteiger partial charge in [0.15, 0.2) is 5.65 Å². The first-order valence-electron chi connectivity index (χ1n) is 14.2. The summed E-state index contributed by atoms with van der Waals surface area (Å²) in [5.74, 6) is 4.28. The van der Waals surface area contributed by atoms with E-state index in [9.17, 15) is 13.2 Å². The zero-order chi connectivity index (χ0) is 31.5. The van der Waals surface area contributed by atoms with Crippen LogP contribution in [0.4, 0.5) is 17.3 Å². The summed E-state index contributed by atoms with van der Waals surface area (Å²) in [6.45, 7) is 13.5. The molecule has 0 saturated carbocycles. The van der Waals surface area contributed by atoms with E-state index >= 15 is 0 Å². The van der Waals surface area contributed by atoms with Crippen LogP contribution in [0.3, 0.4) is 0 Å². The Hall–Kier alpha value is -4.14. The monoisotopic (exact) mass is 617 g/mol. The standard InChI is InChI=1S/C32H39N5O4SSi/c1-21(2)43(22(3)4,23(5)6)17-16-24-18-30(38)37(26-13-11-12-25(19-26)36-42(8,39)40)31-27(24)20-33-32(35-31)34-28-14-9-10-15-29(28)41-7/h9-15,18-23,36H,1-8H3,(H,33,34,35). The van der Waals surface area contributed by atoms with Crippen molar-refractivity contribution in [2.24, 2.45) is 0 Å². The van der Waals surface area contributed by atoms with Crippen LogP contribution in [-0.2, 0) is 10.0 Å². The molecule has 0 unspecified atom stereocenters. The normalized spacial score (nSPS) is 12.0. The van der Waals surface area contributed by atoms with Crippen LogP contribution in [0.1, 0.15) is 47.1 Å². The van der Waals surface area contributed by atoms with Crippen LogP contribution >= 0.6 is 0 Å². The summed E-state index contributed by atoms with van der Waals surface area (Å²) in [5, 5.41) is 3.80. The minimum absolute atomic E-state index is 0.260. The predicted octanol–water partition coefficient (Wildman–Crippen LogP) is 6.47. The highest BCUT2D eigenvalue weighted by Gasteiger charge is 2.41. The molecule has 4 aromatic rings. The number of methoxy groups -OCH3 is 1. The van der Waals surface area contributed by atoms with Gasteiger partial charge >= 0.3 is 0 Å². The molecule has 4 rings (SSSR count). The van der Waals surface area contributed by atoms with E-state index in [0.717, 1.165) is 6.26 Å². The quantitative estimate of drug-likeness (QED) is 0.163. The molecule has 0 aliphatic carbocycles. The van der Waals surface area contributed by atoms with Gasteiger partial charge in [0, 0.05) is 17.8 Å². The van der Waals surface area contributed by atoms with Gasteiger partial charge in [-0.1, -0.05) is 65.7 Å². The van der Waals surface area contributed by atoms with Crippen molar-refractivity contribution in [3.05, 3.63) is 76.7 Å². The van der Waals surface area contributed by atoms with Gasteiger partial charge in [0.2, 0.25) is 16.0 Å². The second kappa shape index (κ2) is 12.6. The molecular formula is C32H39N5O4SSi. The lowest BCUT2D eigenvalue weighted by Crippen LogP contribution is -2.43. The lowest BCUT2D eigenvalue weighted by molar-refractivity contribution is 0.417. The Bertz CT molecular complexity index is 1850. The molecule has 0 aliphatic rings. The van der Waals surface area contributed by atoms with Gasteiger partial charge in [0.1, 0.15) is 13.8 Å². The van der Waals surface area contributed by atoms with Gasteiger partial charge in [-0.25, -0.2) is 13.4 Å². The third kappa shape index (κ3) is 6.76. The van der Waals surface area contributed by atoms with Crippen molar-refractivity contribution in [1.29, 1.82) is 0 Å². The molecule has 2 heterocycles. The van der Waals surface area contributed by atoms with Crippen molar-refractivity contribution >= 4 is 46.5 Å². The van der Waals surface area contributed by atoms with Crippen LogP contribution in [0.2, 0.25) is 16.6 Å². The fourth-order valence-electron chi connectivity index (χ4n) is 5.92. The average Bonchev–Trinajstić information content (AvgIpc) is 2.92. The number of para-hydroxylation sites is 2. The molecular weight excluding hydrogens is 579 g/mol. The molecule has 9 nitrogen and oxygen atoms in total. The molecule has 2 N–H and O–H groups in total. The largest absolute Gasteiger partial charge is 0.495 e. The average molecular weight is 618 g/mol. The van der Waals surface area contributed by atoms with E-state index in [1.165, 1.54) is 10.6 Å². The molecule has 0 amide bonds. The second-order valence-corrected chi connectivity index (χ2v) is 18.9. The van der Waals surface area contributed by atoms with E-state index in [-0.39, 0.29) is 11.5 Å². The molecule has 0 radical (unpaired) electrons. The summed E-state index contributed by atoms with van der Waals surface area (Å²) in [6, 6.07) is 15.5. The first-order valence-corrected chi connectivity index (χ1v) is 18.3. The Morgan fingerprint density at radius 3 is 2.26 bits per heavy atom. The van der Waals surface area contributed by atoms with E-state index < -0.39 is 18.1 Å². The van der Waals surface area contributed by atoms with Crippen molar-refractivity contribution in [3.63, 3.8) is 0 Å². The minimum Gasteiger partial charge on any atom is -0.495 e. The maximum atomic E-state index is 13.8. The van der Waals surface area contributed by atoms with Gasteiger partial charge < -0.3 is 10.1 Å². The number of nitrogens with one attached hydrogen (secondary N) is 2. The van der Waals surface area contributed by atoms with Crippen molar-refractivity contribution in [2.75, 3.05) is 23.4 Å². The summed E-state index contributed by atoms with van der Waals surface area (Å²) in [7, 11) is -4.04. The Labute approximate surface area is 254 Å². The molecule has 0 spiro atoms. The number of benzene rings is 2. The molecule has 0 saturated heterocycles. The van der Waals surface area contributed by atoms with Gasteiger partial charge in [-0.05, 0) is 47.0 Å². The number of anilines is 3. The summed E-state index contributed by atoms with van der Waals surface area (Å²) < 4.78 is 33.2. The summed E-state index contributed by atoms with van der Waals surface area (Å²) in [6.07, 6.45) is 2.74. The highest BCUT2D eigenvalue weighted by Crippen LogP contribution is 2.41. The van der Waals surface area contributed by atoms with Crippen LogP contribution in [0.25, 0.3) is 16.7 Å². The molecule has 0 bridgehead atoms. The number of nitrogens with zero attached hydrogens (tertiary/aromatic N) is 3. The number of sulfonamides is 1. The van der Waals surface area contributed by atoms with E-state index in [0.29, 0.717) is 56.0 Å². The van der Waals surface area contributed by atoms with Gasteiger partial charge in [-0.15, -0.1) is 5.54 Å². The smallest absolute Gasteiger partial charge is 0.258 e. The fraction of sp³-hybridized carbons (Fsp3) is 0.344. The number of ether oxygens (including phenoxy) is 1. The second-order valence-electron chi connectivity index (χ2n) is 11.6. The third-order valence-electron chi connectivity index (χ3n) is 7.80. The maximum absolute atomic E-state index is 13.8. The van der Waals surface area contributed by atoms with Crippen LogP contribution in [-0.4, -0.2) is 44.4 Å². The summed E-state index contributed by atoms with van der Waals surface area (Å²) in [5.41, 5.74) is 6.96. The lowest BCUT2D eigenvalue weighted by atomic mass is 10.1. The zero-order valence-corrected chi connectivity index (χ0v) is 27.7.